The number of likely N-dealkylation sites (N-methyl/N-ethyl adjacent to an activating group) is 1. The number of rotatable bonds is 15. The zero-order valence-corrected chi connectivity index (χ0v) is 28.7. The Balaban J connectivity index is 0.000000511. The van der Waals surface area contributed by atoms with Crippen molar-refractivity contribution in [1.82, 2.24) is 0 Å². The number of quaternary nitrogens is 1. The molecule has 3 aromatic carbocycles. The fourth-order valence-electron chi connectivity index (χ4n) is 5.74. The standard InChI is InChI=1S/C29H42NO7.C6H6O3S/c1-30(14-12-29(32)37-16-8-6-7-15-31)13-11-22-19-27(35-4)28(36-5)20-23(22)24(30)17-21-9-10-25(33-2)26(18-21)34-3;7-10(8,9)6-4-2-1-3-5-6/h9-10,18-20,24,31H,6-8,11-17H2,1-5H3;1-5H,(H,7,8,9)/q+1;/p-1/t24-,30+;/m0./s1. The molecule has 12 heteroatoms. The van der Waals surface area contributed by atoms with Gasteiger partial charge in [-0.15, -0.1) is 0 Å². The van der Waals surface area contributed by atoms with Crippen LogP contribution in [0.1, 0.15) is 48.4 Å². The molecule has 0 saturated heterocycles. The van der Waals surface area contributed by atoms with Crippen molar-refractivity contribution in [2.24, 2.45) is 0 Å². The van der Waals surface area contributed by atoms with Crippen molar-refractivity contribution in [2.75, 3.05) is 61.8 Å². The zero-order valence-electron chi connectivity index (χ0n) is 27.9. The highest BCUT2D eigenvalue weighted by Gasteiger charge is 2.40. The van der Waals surface area contributed by atoms with Crippen LogP contribution in [0.25, 0.3) is 0 Å². The van der Waals surface area contributed by atoms with Crippen LogP contribution in [0.15, 0.2) is 65.6 Å². The van der Waals surface area contributed by atoms with E-state index < -0.39 is 10.1 Å². The van der Waals surface area contributed by atoms with Crippen molar-refractivity contribution in [3.8, 4) is 23.0 Å². The van der Waals surface area contributed by atoms with E-state index in [2.05, 4.69) is 25.2 Å². The molecule has 1 aliphatic heterocycles. The summed E-state index contributed by atoms with van der Waals surface area (Å²) in [4.78, 5) is 12.4. The normalized spacial score (nSPS) is 17.0. The molecule has 0 radical (unpaired) electrons. The summed E-state index contributed by atoms with van der Waals surface area (Å²) in [6, 6.07) is 17.5. The molecule has 0 aliphatic carbocycles. The van der Waals surface area contributed by atoms with Crippen LogP contribution in [0.2, 0.25) is 0 Å². The average Bonchev–Trinajstić information content (AvgIpc) is 3.08. The number of aliphatic hydroxyl groups excluding tert-OH is 1. The Bertz CT molecular complexity index is 1550. The van der Waals surface area contributed by atoms with E-state index in [0.717, 1.165) is 50.0 Å². The van der Waals surface area contributed by atoms with Crippen LogP contribution < -0.4 is 18.9 Å². The Morgan fingerprint density at radius 3 is 2.11 bits per heavy atom. The van der Waals surface area contributed by atoms with Gasteiger partial charge in [-0.2, -0.15) is 0 Å². The van der Waals surface area contributed by atoms with Crippen molar-refractivity contribution in [1.29, 1.82) is 0 Å². The van der Waals surface area contributed by atoms with Gasteiger partial charge in [0, 0.05) is 25.0 Å². The van der Waals surface area contributed by atoms with Crippen molar-refractivity contribution < 1.29 is 51.0 Å². The second kappa shape index (κ2) is 17.9. The highest BCUT2D eigenvalue weighted by Crippen LogP contribution is 2.43. The molecular weight excluding hydrogens is 626 g/mol. The minimum Gasteiger partial charge on any atom is -0.744 e. The van der Waals surface area contributed by atoms with Crippen molar-refractivity contribution in [3.05, 3.63) is 77.4 Å². The van der Waals surface area contributed by atoms with Crippen molar-refractivity contribution in [2.45, 2.75) is 49.5 Å². The third-order valence-corrected chi connectivity index (χ3v) is 9.30. The quantitative estimate of drug-likeness (QED) is 0.105. The molecule has 47 heavy (non-hydrogen) atoms. The van der Waals surface area contributed by atoms with E-state index in [1.165, 1.54) is 35.4 Å². The lowest BCUT2D eigenvalue weighted by Gasteiger charge is -2.46. The number of fused-ring (bicyclic) bond motifs is 1. The van der Waals surface area contributed by atoms with Gasteiger partial charge in [-0.05, 0) is 66.8 Å². The summed E-state index contributed by atoms with van der Waals surface area (Å²) < 4.78 is 59.2. The van der Waals surface area contributed by atoms with Crippen molar-refractivity contribution in [3.63, 3.8) is 0 Å². The molecule has 3 aromatic rings. The van der Waals surface area contributed by atoms with E-state index in [9.17, 15) is 17.8 Å². The number of carbonyl (C=O) groups excluding carboxylic acids is 1. The molecule has 2 atom stereocenters. The molecule has 0 saturated carbocycles. The van der Waals surface area contributed by atoms with Crippen molar-refractivity contribution >= 4 is 16.1 Å². The molecule has 0 bridgehead atoms. The Morgan fingerprint density at radius 2 is 1.51 bits per heavy atom. The van der Waals surface area contributed by atoms with E-state index in [-0.39, 0.29) is 23.5 Å². The summed E-state index contributed by atoms with van der Waals surface area (Å²) in [5, 5.41) is 8.91. The van der Waals surface area contributed by atoms with Gasteiger partial charge in [-0.3, -0.25) is 4.79 Å². The van der Waals surface area contributed by atoms with Crippen LogP contribution in [0, 0.1) is 0 Å². The van der Waals surface area contributed by atoms with Gasteiger partial charge in [0.15, 0.2) is 23.0 Å². The maximum atomic E-state index is 12.6. The summed E-state index contributed by atoms with van der Waals surface area (Å²) in [7, 11) is 4.56. The number of hydrogen-bond donors (Lipinski definition) is 1. The first-order valence-electron chi connectivity index (χ1n) is 15.6. The van der Waals surface area contributed by atoms with Crippen LogP contribution in [-0.2, 0) is 32.5 Å². The molecule has 0 aromatic heterocycles. The molecule has 4 rings (SSSR count). The van der Waals surface area contributed by atoms with E-state index in [1.54, 1.807) is 34.5 Å². The van der Waals surface area contributed by atoms with Crippen LogP contribution in [-0.4, -0.2) is 90.3 Å². The number of unbranched alkanes of at least 4 members (excludes halogenated alkanes) is 2. The molecule has 1 N–H and O–H groups in total. The maximum Gasteiger partial charge on any atom is 0.311 e. The first-order valence-corrected chi connectivity index (χ1v) is 17.0. The van der Waals surface area contributed by atoms with Gasteiger partial charge in [0.1, 0.15) is 16.2 Å². The minimum absolute atomic E-state index is 0.0963. The van der Waals surface area contributed by atoms with Crippen LogP contribution >= 0.6 is 0 Å². The fourth-order valence-corrected chi connectivity index (χ4v) is 6.23. The van der Waals surface area contributed by atoms with E-state index >= 15 is 0 Å². The highest BCUT2D eigenvalue weighted by atomic mass is 32.2. The summed E-state index contributed by atoms with van der Waals surface area (Å²) in [6.45, 7) is 2.13. The Morgan fingerprint density at radius 1 is 0.872 bits per heavy atom. The van der Waals surface area contributed by atoms with Gasteiger partial charge in [-0.25, -0.2) is 8.42 Å². The van der Waals surface area contributed by atoms with Gasteiger partial charge in [-0.1, -0.05) is 24.3 Å². The fraction of sp³-hybridized carbons (Fsp3) is 0.457. The second-order valence-electron chi connectivity index (χ2n) is 11.5. The third kappa shape index (κ3) is 10.6. The summed E-state index contributed by atoms with van der Waals surface area (Å²) in [5.74, 6) is 2.65. The first-order chi connectivity index (χ1) is 22.5. The maximum absolute atomic E-state index is 12.6. The number of aliphatic hydroxyl groups is 1. The topological polar surface area (TPSA) is 141 Å². The van der Waals surface area contributed by atoms with E-state index in [1.807, 2.05) is 12.1 Å². The monoisotopic (exact) mass is 673 g/mol. The molecule has 1 heterocycles. The Hall–Kier alpha value is -3.84. The number of carbonyl (C=O) groups is 1. The van der Waals surface area contributed by atoms with E-state index in [0.29, 0.717) is 41.3 Å². The number of hydrogen-bond acceptors (Lipinski definition) is 10. The van der Waals surface area contributed by atoms with Gasteiger partial charge in [0.05, 0.1) is 66.5 Å². The molecule has 258 valence electrons. The lowest BCUT2D eigenvalue weighted by atomic mass is 9.86. The molecule has 11 nitrogen and oxygen atoms in total. The summed E-state index contributed by atoms with van der Waals surface area (Å²) in [5.41, 5.74) is 3.57. The predicted octanol–water partition coefficient (Wildman–Crippen LogP) is 4.69. The summed E-state index contributed by atoms with van der Waals surface area (Å²) in [6.07, 6.45) is 4.35. The molecule has 0 fully saturated rings. The molecule has 1 aliphatic rings. The molecular formula is C35H47NO10S. The first kappa shape index (κ1) is 37.6. The Labute approximate surface area is 278 Å². The number of esters is 1. The van der Waals surface area contributed by atoms with Gasteiger partial charge >= 0.3 is 5.97 Å². The molecule has 0 spiro atoms. The number of nitrogens with zero attached hydrogens (tertiary/aromatic N) is 1. The highest BCUT2D eigenvalue weighted by molar-refractivity contribution is 7.85. The second-order valence-corrected chi connectivity index (χ2v) is 12.9. The smallest absolute Gasteiger partial charge is 0.311 e. The van der Waals surface area contributed by atoms with Gasteiger partial charge in [0.2, 0.25) is 0 Å². The lowest BCUT2D eigenvalue weighted by Crippen LogP contribution is -2.53. The van der Waals surface area contributed by atoms with Crippen LogP contribution in [0.4, 0.5) is 0 Å². The minimum atomic E-state index is -4.25. The predicted molar refractivity (Wildman–Crippen MR) is 176 cm³/mol. The van der Waals surface area contributed by atoms with Crippen LogP contribution in [0.3, 0.4) is 0 Å². The molecule has 0 unspecified atom stereocenters. The van der Waals surface area contributed by atoms with E-state index in [4.69, 9.17) is 28.8 Å². The van der Waals surface area contributed by atoms with Gasteiger partial charge < -0.3 is 37.8 Å². The Kier molecular flexibility index (Phi) is 14.3. The average molecular weight is 674 g/mol. The summed E-state index contributed by atoms with van der Waals surface area (Å²) >= 11 is 0. The third-order valence-electron chi connectivity index (χ3n) is 8.45. The largest absolute Gasteiger partial charge is 0.744 e. The van der Waals surface area contributed by atoms with Gasteiger partial charge in [0.25, 0.3) is 0 Å². The molecule has 0 amide bonds. The number of ether oxygens (including phenoxy) is 5. The van der Waals surface area contributed by atoms with Crippen LogP contribution in [0.5, 0.6) is 23.0 Å². The number of methoxy groups -OCH3 is 4. The number of benzene rings is 3. The SMILES string of the molecule is COc1ccc(C[C@H]2c3cc(OC)c(OC)cc3CC[N@+]2(C)CCC(=O)OCCCCCO)cc1OC.O=S(=O)([O-])c1ccccc1. The lowest BCUT2D eigenvalue weighted by molar-refractivity contribution is -0.940. The zero-order chi connectivity index (χ0) is 34.5.